The van der Waals surface area contributed by atoms with Crippen LogP contribution >= 0.6 is 11.3 Å². The molecule has 0 saturated carbocycles. The van der Waals surface area contributed by atoms with Crippen molar-refractivity contribution in [2.75, 3.05) is 17.2 Å². The first kappa shape index (κ1) is 17.6. The van der Waals surface area contributed by atoms with E-state index in [1.165, 1.54) is 4.88 Å². The maximum Gasteiger partial charge on any atom is 0.253 e. The molecule has 0 radical (unpaired) electrons. The monoisotopic (exact) mass is 358 g/mol. The molecule has 0 unspecified atom stereocenters. The highest BCUT2D eigenvalue weighted by atomic mass is 32.1. The van der Waals surface area contributed by atoms with Gasteiger partial charge in [-0.05, 0) is 61.4 Å². The fraction of sp³-hybridized carbons (Fsp3) is 0.368. The number of hydrogen-bond acceptors (Lipinski definition) is 4. The third-order valence-electron chi connectivity index (χ3n) is 4.07. The molecular weight excluding hydrogens is 336 g/mol. The van der Waals surface area contributed by atoms with Crippen molar-refractivity contribution in [1.82, 2.24) is 0 Å². The van der Waals surface area contributed by atoms with Crippen LogP contribution in [0.25, 0.3) is 0 Å². The quantitative estimate of drug-likeness (QED) is 0.790. The lowest BCUT2D eigenvalue weighted by molar-refractivity contribution is -0.124. The maximum absolute atomic E-state index is 12.0. The Bertz CT molecular complexity index is 692. The van der Waals surface area contributed by atoms with E-state index in [2.05, 4.69) is 22.1 Å². The average molecular weight is 358 g/mol. The van der Waals surface area contributed by atoms with E-state index in [1.54, 1.807) is 35.6 Å². The zero-order valence-electron chi connectivity index (χ0n) is 14.0. The molecule has 2 N–H and O–H groups in total. The van der Waals surface area contributed by atoms with Crippen LogP contribution in [-0.4, -0.2) is 24.5 Å². The largest absolute Gasteiger partial charge is 0.368 e. The minimum absolute atomic E-state index is 0.00713. The van der Waals surface area contributed by atoms with Gasteiger partial charge in [-0.25, -0.2) is 0 Å². The number of anilines is 2. The molecule has 0 aliphatic carbocycles. The van der Waals surface area contributed by atoms with Crippen LogP contribution in [0.3, 0.4) is 0 Å². The van der Waals surface area contributed by atoms with Gasteiger partial charge in [-0.2, -0.15) is 0 Å². The van der Waals surface area contributed by atoms with E-state index in [4.69, 9.17) is 4.74 Å². The molecule has 1 atom stereocenters. The summed E-state index contributed by atoms with van der Waals surface area (Å²) in [7, 11) is 0. The van der Waals surface area contributed by atoms with Crippen LogP contribution in [0.2, 0.25) is 0 Å². The molecule has 2 aromatic rings. The number of thiophene rings is 1. The molecule has 1 aliphatic rings. The van der Waals surface area contributed by atoms with Crippen LogP contribution in [0.15, 0.2) is 41.8 Å². The first-order chi connectivity index (χ1) is 12.2. The zero-order chi connectivity index (χ0) is 17.5. The summed E-state index contributed by atoms with van der Waals surface area (Å²) in [4.78, 5) is 25.3. The van der Waals surface area contributed by atoms with Gasteiger partial charge < -0.3 is 15.4 Å². The Balaban J connectivity index is 1.42. The standard InChI is InChI=1S/C19H22N2O3S/c22-18(7-1-4-16-5-3-13-25-16)20-14-8-10-15(11-9-14)21-19(23)17-6-2-12-24-17/h3,5,8-11,13,17H,1-2,4,6-7,12H2,(H,20,22)(H,21,23)/t17-/m0/s1. The second kappa shape index (κ2) is 8.78. The molecule has 0 spiro atoms. The summed E-state index contributed by atoms with van der Waals surface area (Å²) in [6, 6.07) is 11.3. The molecule has 0 bridgehead atoms. The predicted molar refractivity (Wildman–Crippen MR) is 99.9 cm³/mol. The summed E-state index contributed by atoms with van der Waals surface area (Å²) in [5, 5.41) is 7.77. The molecule has 1 aromatic heterocycles. The fourth-order valence-corrected chi connectivity index (χ4v) is 3.50. The molecule has 1 aromatic carbocycles. The zero-order valence-corrected chi connectivity index (χ0v) is 14.8. The summed E-state index contributed by atoms with van der Waals surface area (Å²) in [5.74, 6) is -0.101. The molecule has 6 heteroatoms. The number of benzene rings is 1. The highest BCUT2D eigenvalue weighted by Crippen LogP contribution is 2.18. The SMILES string of the molecule is O=C(CCCc1cccs1)Nc1ccc(NC(=O)[C@@H]2CCCO2)cc1. The van der Waals surface area contributed by atoms with Crippen LogP contribution in [0.5, 0.6) is 0 Å². The molecule has 3 rings (SSSR count). The number of carbonyl (C=O) groups excluding carboxylic acids is 2. The van der Waals surface area contributed by atoms with E-state index in [0.717, 1.165) is 31.4 Å². The van der Waals surface area contributed by atoms with Gasteiger partial charge in [0.15, 0.2) is 0 Å². The normalized spacial score (nSPS) is 16.6. The lowest BCUT2D eigenvalue weighted by Gasteiger charge is -2.11. The molecule has 1 aliphatic heterocycles. The Morgan fingerprint density at radius 1 is 1.12 bits per heavy atom. The van der Waals surface area contributed by atoms with Gasteiger partial charge in [-0.1, -0.05) is 6.07 Å². The predicted octanol–water partition coefficient (Wildman–Crippen LogP) is 3.83. The average Bonchev–Trinajstić information content (AvgIpc) is 3.30. The van der Waals surface area contributed by atoms with Crippen molar-refractivity contribution in [3.63, 3.8) is 0 Å². The van der Waals surface area contributed by atoms with Gasteiger partial charge in [0.25, 0.3) is 5.91 Å². The van der Waals surface area contributed by atoms with Crippen LogP contribution < -0.4 is 10.6 Å². The lowest BCUT2D eigenvalue weighted by Crippen LogP contribution is -2.26. The minimum Gasteiger partial charge on any atom is -0.368 e. The number of aryl methyl sites for hydroxylation is 1. The second-order valence-electron chi connectivity index (χ2n) is 6.05. The number of nitrogens with one attached hydrogen (secondary N) is 2. The maximum atomic E-state index is 12.0. The third kappa shape index (κ3) is 5.41. The number of ether oxygens (including phenoxy) is 1. The summed E-state index contributed by atoms with van der Waals surface area (Å²) in [5.41, 5.74) is 1.44. The van der Waals surface area contributed by atoms with Crippen LogP contribution in [-0.2, 0) is 20.7 Å². The highest BCUT2D eigenvalue weighted by Gasteiger charge is 2.23. The number of amides is 2. The van der Waals surface area contributed by atoms with Gasteiger partial charge in [-0.3, -0.25) is 9.59 Å². The van der Waals surface area contributed by atoms with Gasteiger partial charge >= 0.3 is 0 Å². The molecule has 1 saturated heterocycles. The lowest BCUT2D eigenvalue weighted by atomic mass is 10.2. The molecule has 2 heterocycles. The Kier molecular flexibility index (Phi) is 6.19. The van der Waals surface area contributed by atoms with Crippen molar-refractivity contribution < 1.29 is 14.3 Å². The summed E-state index contributed by atoms with van der Waals surface area (Å²) in [6.07, 6.45) is 3.61. The minimum atomic E-state index is -0.345. The van der Waals surface area contributed by atoms with E-state index in [-0.39, 0.29) is 17.9 Å². The summed E-state index contributed by atoms with van der Waals surface area (Å²) in [6.45, 7) is 0.648. The Hall–Kier alpha value is -2.18. The Labute approximate surface area is 151 Å². The number of carbonyl (C=O) groups is 2. The second-order valence-corrected chi connectivity index (χ2v) is 7.08. The van der Waals surface area contributed by atoms with Crippen molar-refractivity contribution >= 4 is 34.5 Å². The first-order valence-corrected chi connectivity index (χ1v) is 9.43. The van der Waals surface area contributed by atoms with Gasteiger partial charge in [0.1, 0.15) is 6.10 Å². The van der Waals surface area contributed by atoms with Crippen molar-refractivity contribution in [2.45, 2.75) is 38.2 Å². The highest BCUT2D eigenvalue weighted by molar-refractivity contribution is 7.09. The molecule has 132 valence electrons. The van der Waals surface area contributed by atoms with Crippen LogP contribution in [0, 0.1) is 0 Å². The Morgan fingerprint density at radius 3 is 2.52 bits per heavy atom. The van der Waals surface area contributed by atoms with E-state index in [0.29, 0.717) is 18.7 Å². The third-order valence-corrected chi connectivity index (χ3v) is 5.00. The molecule has 2 amide bonds. The fourth-order valence-electron chi connectivity index (χ4n) is 2.75. The molecule has 25 heavy (non-hydrogen) atoms. The number of rotatable bonds is 7. The molecule has 1 fully saturated rings. The topological polar surface area (TPSA) is 67.4 Å². The first-order valence-electron chi connectivity index (χ1n) is 8.55. The van der Waals surface area contributed by atoms with Gasteiger partial charge in [0, 0.05) is 29.3 Å². The van der Waals surface area contributed by atoms with Crippen LogP contribution in [0.1, 0.15) is 30.6 Å². The van der Waals surface area contributed by atoms with Crippen molar-refractivity contribution in [1.29, 1.82) is 0 Å². The van der Waals surface area contributed by atoms with Gasteiger partial charge in [0.2, 0.25) is 5.91 Å². The summed E-state index contributed by atoms with van der Waals surface area (Å²) >= 11 is 1.72. The van der Waals surface area contributed by atoms with E-state index in [1.807, 2.05) is 6.07 Å². The summed E-state index contributed by atoms with van der Waals surface area (Å²) < 4.78 is 5.36. The Morgan fingerprint density at radius 2 is 1.88 bits per heavy atom. The molecular formula is C19H22N2O3S. The van der Waals surface area contributed by atoms with E-state index >= 15 is 0 Å². The number of hydrogen-bond donors (Lipinski definition) is 2. The van der Waals surface area contributed by atoms with Gasteiger partial charge in [0.05, 0.1) is 0 Å². The van der Waals surface area contributed by atoms with E-state index < -0.39 is 0 Å². The van der Waals surface area contributed by atoms with Crippen molar-refractivity contribution in [3.8, 4) is 0 Å². The van der Waals surface area contributed by atoms with Crippen LogP contribution in [0.4, 0.5) is 11.4 Å². The van der Waals surface area contributed by atoms with Crippen molar-refractivity contribution in [3.05, 3.63) is 46.7 Å². The van der Waals surface area contributed by atoms with Gasteiger partial charge in [-0.15, -0.1) is 11.3 Å². The van der Waals surface area contributed by atoms with E-state index in [9.17, 15) is 9.59 Å². The smallest absolute Gasteiger partial charge is 0.253 e. The molecule has 5 nitrogen and oxygen atoms in total. The van der Waals surface area contributed by atoms with Crippen molar-refractivity contribution in [2.24, 2.45) is 0 Å².